The lowest BCUT2D eigenvalue weighted by Crippen LogP contribution is -2.25. The van der Waals surface area contributed by atoms with Crippen molar-refractivity contribution in [3.05, 3.63) is 36.2 Å². The molecule has 2 saturated heterocycles. The molecule has 0 aliphatic carbocycles. The number of rotatable bonds is 8. The number of carbonyl (C=O) groups is 1. The summed E-state index contributed by atoms with van der Waals surface area (Å²) in [5.74, 6) is 1.88. The number of carbonyl (C=O) groups excluding carboxylic acids is 1. The Morgan fingerprint density at radius 3 is 2.63 bits per heavy atom. The van der Waals surface area contributed by atoms with Gasteiger partial charge in [0.1, 0.15) is 6.61 Å². The Morgan fingerprint density at radius 1 is 1.07 bits per heavy atom. The zero-order chi connectivity index (χ0) is 18.5. The summed E-state index contributed by atoms with van der Waals surface area (Å²) in [6, 6.07) is 10.3. The third kappa shape index (κ3) is 4.44. The molecule has 0 radical (unpaired) electrons. The molecule has 0 spiro atoms. The van der Waals surface area contributed by atoms with E-state index in [0.29, 0.717) is 13.2 Å². The number of hydrogen-bond acceptors (Lipinski definition) is 6. The topological polar surface area (TPSA) is 63.5 Å². The summed E-state index contributed by atoms with van der Waals surface area (Å²) in [6.45, 7) is 5.04. The van der Waals surface area contributed by atoms with E-state index in [2.05, 4.69) is 31.8 Å². The van der Waals surface area contributed by atoms with Gasteiger partial charge >= 0.3 is 6.09 Å². The highest BCUT2D eigenvalue weighted by atomic mass is 32.2. The fraction of sp³-hybridized carbons (Fsp3) is 0.526. The van der Waals surface area contributed by atoms with E-state index in [0.717, 1.165) is 55.0 Å². The molecule has 3 heterocycles. The van der Waals surface area contributed by atoms with Gasteiger partial charge in [-0.3, -0.25) is 9.47 Å². The minimum atomic E-state index is -0.194. The molecule has 7 nitrogen and oxygen atoms in total. The fourth-order valence-corrected chi connectivity index (χ4v) is 4.42. The van der Waals surface area contributed by atoms with Gasteiger partial charge in [-0.2, -0.15) is 0 Å². The molecule has 0 unspecified atom stereocenters. The highest BCUT2D eigenvalue weighted by Crippen LogP contribution is 2.24. The predicted molar refractivity (Wildman–Crippen MR) is 104 cm³/mol. The molecule has 4 rings (SSSR count). The maximum absolute atomic E-state index is 11.5. The van der Waals surface area contributed by atoms with Crippen LogP contribution in [0.1, 0.15) is 25.1 Å². The van der Waals surface area contributed by atoms with E-state index < -0.39 is 0 Å². The Hall–Kier alpha value is -2.06. The van der Waals surface area contributed by atoms with Gasteiger partial charge in [0.15, 0.2) is 11.0 Å². The van der Waals surface area contributed by atoms with Crippen LogP contribution >= 0.6 is 11.8 Å². The smallest absolute Gasteiger partial charge is 0.409 e. The lowest BCUT2D eigenvalue weighted by molar-refractivity contribution is 0.158. The van der Waals surface area contributed by atoms with Crippen LogP contribution in [0.3, 0.4) is 0 Å². The van der Waals surface area contributed by atoms with Crippen molar-refractivity contribution < 1.29 is 9.53 Å². The van der Waals surface area contributed by atoms with Gasteiger partial charge in [0.2, 0.25) is 0 Å². The first kappa shape index (κ1) is 18.3. The van der Waals surface area contributed by atoms with Gasteiger partial charge in [0.25, 0.3) is 0 Å². The van der Waals surface area contributed by atoms with Crippen LogP contribution in [0.15, 0.2) is 35.5 Å². The summed E-state index contributed by atoms with van der Waals surface area (Å²) in [7, 11) is 0. The third-order valence-electron chi connectivity index (χ3n) is 4.93. The Balaban J connectivity index is 1.43. The van der Waals surface area contributed by atoms with E-state index in [9.17, 15) is 4.79 Å². The number of amides is 1. The molecule has 2 fully saturated rings. The Bertz CT molecular complexity index is 761. The first-order valence-electron chi connectivity index (χ1n) is 9.58. The van der Waals surface area contributed by atoms with Crippen molar-refractivity contribution in [2.45, 2.75) is 31.0 Å². The summed E-state index contributed by atoms with van der Waals surface area (Å²) < 4.78 is 7.15. The van der Waals surface area contributed by atoms with Gasteiger partial charge < -0.3 is 9.64 Å². The molecule has 2 aliphatic rings. The Labute approximate surface area is 163 Å². The predicted octanol–water partition coefficient (Wildman–Crippen LogP) is 2.80. The van der Waals surface area contributed by atoms with Crippen molar-refractivity contribution in [1.82, 2.24) is 24.6 Å². The molecule has 1 aromatic carbocycles. The summed E-state index contributed by atoms with van der Waals surface area (Å²) in [4.78, 5) is 15.7. The monoisotopic (exact) mass is 387 g/mol. The second kappa shape index (κ2) is 8.75. The fourth-order valence-electron chi connectivity index (χ4n) is 3.52. The van der Waals surface area contributed by atoms with Gasteiger partial charge in [-0.1, -0.05) is 30.0 Å². The molecule has 0 saturated carbocycles. The number of hydrogen-bond donors (Lipinski definition) is 0. The largest absolute Gasteiger partial charge is 0.448 e. The van der Waals surface area contributed by atoms with Crippen molar-refractivity contribution in [2.75, 3.05) is 38.5 Å². The minimum Gasteiger partial charge on any atom is -0.448 e. The SMILES string of the molecule is O=C1OCCN1CCCSc1nnc(CN2CCCC2)n1-c1ccccc1. The van der Waals surface area contributed by atoms with Crippen LogP contribution in [-0.4, -0.2) is 69.2 Å². The maximum Gasteiger partial charge on any atom is 0.409 e. The second-order valence-corrected chi connectivity index (χ2v) is 7.92. The summed E-state index contributed by atoms with van der Waals surface area (Å²) in [5, 5.41) is 9.87. The molecule has 0 atom stereocenters. The maximum atomic E-state index is 11.5. The number of ether oxygens (including phenoxy) is 1. The van der Waals surface area contributed by atoms with Crippen LogP contribution in [0, 0.1) is 0 Å². The summed E-state index contributed by atoms with van der Waals surface area (Å²) in [5.41, 5.74) is 1.10. The standard InChI is InChI=1S/C19H25N5O2S/c25-19-23(12-13-26-19)11-6-14-27-18-21-20-17(15-22-9-4-5-10-22)24(18)16-7-2-1-3-8-16/h1-3,7-8H,4-6,9-15H2. The van der Waals surface area contributed by atoms with Crippen molar-refractivity contribution in [3.63, 3.8) is 0 Å². The zero-order valence-corrected chi connectivity index (χ0v) is 16.2. The number of aromatic nitrogens is 3. The summed E-state index contributed by atoms with van der Waals surface area (Å²) >= 11 is 1.70. The molecule has 144 valence electrons. The molecular formula is C19H25N5O2S. The number of thioether (sulfide) groups is 1. The number of cyclic esters (lactones) is 1. The third-order valence-corrected chi connectivity index (χ3v) is 5.94. The Morgan fingerprint density at radius 2 is 1.89 bits per heavy atom. The number of benzene rings is 1. The van der Waals surface area contributed by atoms with Crippen molar-refractivity contribution in [3.8, 4) is 5.69 Å². The van der Waals surface area contributed by atoms with Crippen LogP contribution in [0.25, 0.3) is 5.69 Å². The van der Waals surface area contributed by atoms with Crippen LogP contribution in [0.5, 0.6) is 0 Å². The van der Waals surface area contributed by atoms with Gasteiger partial charge in [-0.25, -0.2) is 4.79 Å². The molecule has 2 aromatic rings. The normalized spacial score (nSPS) is 17.6. The summed E-state index contributed by atoms with van der Waals surface area (Å²) in [6.07, 6.45) is 3.24. The molecule has 27 heavy (non-hydrogen) atoms. The van der Waals surface area contributed by atoms with Crippen molar-refractivity contribution >= 4 is 17.9 Å². The number of para-hydroxylation sites is 1. The van der Waals surface area contributed by atoms with E-state index in [1.54, 1.807) is 16.7 Å². The highest BCUT2D eigenvalue weighted by Gasteiger charge is 2.22. The molecule has 0 bridgehead atoms. The quantitative estimate of drug-likeness (QED) is 0.513. The van der Waals surface area contributed by atoms with Crippen LogP contribution in [0.2, 0.25) is 0 Å². The van der Waals surface area contributed by atoms with E-state index in [1.807, 2.05) is 18.2 Å². The van der Waals surface area contributed by atoms with Gasteiger partial charge in [0, 0.05) is 18.0 Å². The second-order valence-electron chi connectivity index (χ2n) is 6.86. The van der Waals surface area contributed by atoms with E-state index >= 15 is 0 Å². The van der Waals surface area contributed by atoms with E-state index in [-0.39, 0.29) is 6.09 Å². The lowest BCUT2D eigenvalue weighted by Gasteiger charge is -2.16. The molecule has 2 aliphatic heterocycles. The molecule has 8 heteroatoms. The molecule has 1 amide bonds. The molecule has 1 aromatic heterocycles. The number of likely N-dealkylation sites (tertiary alicyclic amines) is 1. The van der Waals surface area contributed by atoms with Crippen LogP contribution in [-0.2, 0) is 11.3 Å². The van der Waals surface area contributed by atoms with E-state index in [4.69, 9.17) is 4.74 Å². The molecule has 0 N–H and O–H groups in total. The first-order chi connectivity index (χ1) is 13.3. The minimum absolute atomic E-state index is 0.194. The van der Waals surface area contributed by atoms with E-state index in [1.165, 1.54) is 12.8 Å². The first-order valence-corrected chi connectivity index (χ1v) is 10.6. The van der Waals surface area contributed by atoms with Crippen molar-refractivity contribution in [2.24, 2.45) is 0 Å². The molecular weight excluding hydrogens is 362 g/mol. The average molecular weight is 388 g/mol. The zero-order valence-electron chi connectivity index (χ0n) is 15.4. The lowest BCUT2D eigenvalue weighted by atomic mass is 10.3. The van der Waals surface area contributed by atoms with Crippen LogP contribution in [0.4, 0.5) is 4.79 Å². The number of nitrogens with zero attached hydrogens (tertiary/aromatic N) is 5. The van der Waals surface area contributed by atoms with Crippen molar-refractivity contribution in [1.29, 1.82) is 0 Å². The highest BCUT2D eigenvalue weighted by molar-refractivity contribution is 7.99. The van der Waals surface area contributed by atoms with Gasteiger partial charge in [0.05, 0.1) is 13.1 Å². The average Bonchev–Trinajstić information content (AvgIpc) is 3.43. The Kier molecular flexibility index (Phi) is 5.94. The van der Waals surface area contributed by atoms with Gasteiger partial charge in [-0.15, -0.1) is 10.2 Å². The van der Waals surface area contributed by atoms with Crippen LogP contribution < -0.4 is 0 Å². The van der Waals surface area contributed by atoms with Gasteiger partial charge in [-0.05, 0) is 44.5 Å².